The van der Waals surface area contributed by atoms with E-state index in [-0.39, 0.29) is 10.8 Å². The molecule has 0 bridgehead atoms. The van der Waals surface area contributed by atoms with Gasteiger partial charge in [0.05, 0.1) is 5.02 Å². The molecule has 0 heterocycles. The lowest BCUT2D eigenvalue weighted by atomic mass is 9.94. The second-order valence-corrected chi connectivity index (χ2v) is 5.76. The molecule has 0 aliphatic carbocycles. The third-order valence-corrected chi connectivity index (χ3v) is 3.84. The Balaban J connectivity index is 2.66. The number of hydrogen-bond acceptors (Lipinski definition) is 1. The summed E-state index contributed by atoms with van der Waals surface area (Å²) in [5, 5.41) is 3.76. The van der Waals surface area contributed by atoms with Crippen LogP contribution in [0.1, 0.15) is 45.6 Å². The van der Waals surface area contributed by atoms with E-state index in [4.69, 9.17) is 11.6 Å². The van der Waals surface area contributed by atoms with Gasteiger partial charge in [-0.1, -0.05) is 44.9 Å². The Bertz CT molecular complexity index is 381. The number of hydrogen-bond donors (Lipinski definition) is 1. The summed E-state index contributed by atoms with van der Waals surface area (Å²) in [6.07, 6.45) is 4.28. The van der Waals surface area contributed by atoms with E-state index >= 15 is 0 Å². The number of benzene rings is 1. The van der Waals surface area contributed by atoms with Crippen molar-refractivity contribution in [2.45, 2.75) is 52.5 Å². The molecule has 1 rings (SSSR count). The van der Waals surface area contributed by atoms with Gasteiger partial charge in [-0.05, 0) is 49.4 Å². The normalized spacial score (nSPS) is 14.4. The van der Waals surface area contributed by atoms with Crippen LogP contribution in [-0.4, -0.2) is 12.6 Å². The second kappa shape index (κ2) is 8.55. The second-order valence-electron chi connectivity index (χ2n) is 5.35. The summed E-state index contributed by atoms with van der Waals surface area (Å²) in [5.41, 5.74) is 1.01. The van der Waals surface area contributed by atoms with Gasteiger partial charge in [0.25, 0.3) is 0 Å². The van der Waals surface area contributed by atoms with Gasteiger partial charge in [-0.25, -0.2) is 4.39 Å². The molecule has 0 aromatic heterocycles. The predicted octanol–water partition coefficient (Wildman–Crippen LogP) is 4.83. The Morgan fingerprint density at radius 3 is 2.63 bits per heavy atom. The predicted molar refractivity (Wildman–Crippen MR) is 81.3 cm³/mol. The van der Waals surface area contributed by atoms with Crippen molar-refractivity contribution in [3.8, 4) is 0 Å². The molecule has 1 nitrogen and oxygen atoms in total. The molecular weight excluding hydrogens is 261 g/mol. The molecule has 0 amide bonds. The van der Waals surface area contributed by atoms with Gasteiger partial charge < -0.3 is 5.32 Å². The molecule has 108 valence electrons. The molecule has 3 heteroatoms. The number of rotatable bonds is 8. The topological polar surface area (TPSA) is 12.0 Å². The molecule has 0 aliphatic rings. The third-order valence-electron chi connectivity index (χ3n) is 3.53. The van der Waals surface area contributed by atoms with Gasteiger partial charge in [0, 0.05) is 6.04 Å². The van der Waals surface area contributed by atoms with Gasteiger partial charge in [0.1, 0.15) is 5.82 Å². The SMILES string of the molecule is CCCNC(Cc1ccc(Cl)c(F)c1)CC(C)CC. The summed E-state index contributed by atoms with van der Waals surface area (Å²) >= 11 is 5.72. The van der Waals surface area contributed by atoms with Gasteiger partial charge in [-0.15, -0.1) is 0 Å². The first-order valence-electron chi connectivity index (χ1n) is 7.24. The Kier molecular flexibility index (Phi) is 7.40. The summed E-state index contributed by atoms with van der Waals surface area (Å²) in [5.74, 6) is 0.364. The van der Waals surface area contributed by atoms with E-state index in [9.17, 15) is 4.39 Å². The molecule has 0 fully saturated rings. The lowest BCUT2D eigenvalue weighted by Crippen LogP contribution is -2.33. The number of halogens is 2. The Hall–Kier alpha value is -0.600. The monoisotopic (exact) mass is 285 g/mol. The van der Waals surface area contributed by atoms with Crippen molar-refractivity contribution in [2.75, 3.05) is 6.54 Å². The lowest BCUT2D eigenvalue weighted by molar-refractivity contribution is 0.391. The van der Waals surface area contributed by atoms with Crippen LogP contribution in [0.2, 0.25) is 5.02 Å². The largest absolute Gasteiger partial charge is 0.314 e. The first-order valence-corrected chi connectivity index (χ1v) is 7.61. The summed E-state index contributed by atoms with van der Waals surface area (Å²) in [7, 11) is 0. The Labute approximate surface area is 121 Å². The molecular formula is C16H25ClFN. The van der Waals surface area contributed by atoms with Gasteiger partial charge in [-0.3, -0.25) is 0 Å². The van der Waals surface area contributed by atoms with Gasteiger partial charge in [-0.2, -0.15) is 0 Å². The Morgan fingerprint density at radius 2 is 2.05 bits per heavy atom. The first-order chi connectivity index (χ1) is 9.06. The molecule has 19 heavy (non-hydrogen) atoms. The van der Waals surface area contributed by atoms with Crippen LogP contribution in [0, 0.1) is 11.7 Å². The minimum atomic E-state index is -0.322. The quantitative estimate of drug-likeness (QED) is 0.722. The van der Waals surface area contributed by atoms with Gasteiger partial charge >= 0.3 is 0 Å². The molecule has 2 atom stereocenters. The van der Waals surface area contributed by atoms with Crippen molar-refractivity contribution in [2.24, 2.45) is 5.92 Å². The van der Waals surface area contributed by atoms with Crippen LogP contribution in [0.5, 0.6) is 0 Å². The summed E-state index contributed by atoms with van der Waals surface area (Å²) < 4.78 is 13.5. The van der Waals surface area contributed by atoms with E-state index in [1.807, 2.05) is 6.07 Å². The van der Waals surface area contributed by atoms with Crippen molar-refractivity contribution in [3.05, 3.63) is 34.6 Å². The Morgan fingerprint density at radius 1 is 1.32 bits per heavy atom. The van der Waals surface area contributed by atoms with Crippen molar-refractivity contribution in [1.82, 2.24) is 5.32 Å². The number of nitrogens with one attached hydrogen (secondary N) is 1. The van der Waals surface area contributed by atoms with Gasteiger partial charge in [0.15, 0.2) is 0 Å². The molecule has 0 spiro atoms. The zero-order chi connectivity index (χ0) is 14.3. The molecule has 0 radical (unpaired) electrons. The first kappa shape index (κ1) is 16.5. The summed E-state index contributed by atoms with van der Waals surface area (Å²) in [6, 6.07) is 5.53. The van der Waals surface area contributed by atoms with E-state index in [1.54, 1.807) is 12.1 Å². The van der Waals surface area contributed by atoms with Crippen LogP contribution in [0.15, 0.2) is 18.2 Å². The van der Waals surface area contributed by atoms with Crippen LogP contribution in [0.25, 0.3) is 0 Å². The maximum atomic E-state index is 13.5. The van der Waals surface area contributed by atoms with Crippen molar-refractivity contribution in [3.63, 3.8) is 0 Å². The molecule has 1 aromatic rings. The van der Waals surface area contributed by atoms with E-state index in [0.717, 1.165) is 31.4 Å². The highest BCUT2D eigenvalue weighted by molar-refractivity contribution is 6.30. The molecule has 2 unspecified atom stereocenters. The molecule has 0 aliphatic heterocycles. The van der Waals surface area contributed by atoms with Crippen molar-refractivity contribution < 1.29 is 4.39 Å². The highest BCUT2D eigenvalue weighted by Gasteiger charge is 2.13. The van der Waals surface area contributed by atoms with Crippen molar-refractivity contribution >= 4 is 11.6 Å². The average Bonchev–Trinajstić information content (AvgIpc) is 2.40. The maximum Gasteiger partial charge on any atom is 0.142 e. The van der Waals surface area contributed by atoms with E-state index in [0.29, 0.717) is 12.0 Å². The molecule has 0 saturated heterocycles. The van der Waals surface area contributed by atoms with Crippen LogP contribution >= 0.6 is 11.6 Å². The smallest absolute Gasteiger partial charge is 0.142 e. The molecule has 1 N–H and O–H groups in total. The third kappa shape index (κ3) is 5.92. The fourth-order valence-corrected chi connectivity index (χ4v) is 2.31. The highest BCUT2D eigenvalue weighted by atomic mass is 35.5. The zero-order valence-corrected chi connectivity index (χ0v) is 12.9. The fraction of sp³-hybridized carbons (Fsp3) is 0.625. The fourth-order valence-electron chi connectivity index (χ4n) is 2.19. The van der Waals surface area contributed by atoms with Crippen LogP contribution in [0.3, 0.4) is 0 Å². The molecule has 1 aromatic carbocycles. The van der Waals surface area contributed by atoms with Crippen LogP contribution < -0.4 is 5.32 Å². The van der Waals surface area contributed by atoms with Crippen LogP contribution in [-0.2, 0) is 6.42 Å². The van der Waals surface area contributed by atoms with Crippen LogP contribution in [0.4, 0.5) is 4.39 Å². The zero-order valence-electron chi connectivity index (χ0n) is 12.2. The van der Waals surface area contributed by atoms with E-state index < -0.39 is 0 Å². The standard InChI is InChI=1S/C16H25ClFN/c1-4-8-19-14(9-12(3)5-2)10-13-6-7-15(17)16(18)11-13/h6-7,11-12,14,19H,4-5,8-10H2,1-3H3. The van der Waals surface area contributed by atoms with Gasteiger partial charge in [0.2, 0.25) is 0 Å². The van der Waals surface area contributed by atoms with Crippen molar-refractivity contribution in [1.29, 1.82) is 0 Å². The van der Waals surface area contributed by atoms with E-state index in [1.165, 1.54) is 6.42 Å². The van der Waals surface area contributed by atoms with E-state index in [2.05, 4.69) is 26.1 Å². The lowest BCUT2D eigenvalue weighted by Gasteiger charge is -2.22. The minimum absolute atomic E-state index is 0.198. The highest BCUT2D eigenvalue weighted by Crippen LogP contribution is 2.19. The molecule has 0 saturated carbocycles. The maximum absolute atomic E-state index is 13.5. The average molecular weight is 286 g/mol. The summed E-state index contributed by atoms with van der Waals surface area (Å²) in [4.78, 5) is 0. The minimum Gasteiger partial charge on any atom is -0.314 e. The summed E-state index contributed by atoms with van der Waals surface area (Å²) in [6.45, 7) is 7.65.